The van der Waals surface area contributed by atoms with Crippen LogP contribution in [0.5, 0.6) is 0 Å². The van der Waals surface area contributed by atoms with Crippen molar-refractivity contribution in [1.29, 1.82) is 0 Å². The second-order valence-electron chi connectivity index (χ2n) is 5.72. The summed E-state index contributed by atoms with van der Waals surface area (Å²) in [7, 11) is 0. The molecule has 1 fully saturated rings. The van der Waals surface area contributed by atoms with Gasteiger partial charge in [-0.05, 0) is 30.7 Å². The Hall–Kier alpha value is -1.67. The fraction of sp³-hybridized carbons (Fsp3) is 0.353. The van der Waals surface area contributed by atoms with E-state index in [0.717, 1.165) is 19.6 Å². The topological polar surface area (TPSA) is 16.1 Å². The molecule has 2 nitrogen and oxygen atoms in total. The highest BCUT2D eigenvalue weighted by atomic mass is 15.2. The molecular weight excluding hydrogens is 232 g/mol. The number of aromatic nitrogens is 1. The van der Waals surface area contributed by atoms with E-state index in [1.165, 1.54) is 17.7 Å². The van der Waals surface area contributed by atoms with Crippen molar-refractivity contribution in [2.75, 3.05) is 13.1 Å². The van der Waals surface area contributed by atoms with Crippen molar-refractivity contribution in [1.82, 2.24) is 9.88 Å². The first-order valence-electron chi connectivity index (χ1n) is 6.94. The van der Waals surface area contributed by atoms with Crippen LogP contribution >= 0.6 is 0 Å². The minimum Gasteiger partial charge on any atom is -0.298 e. The van der Waals surface area contributed by atoms with Crippen LogP contribution < -0.4 is 0 Å². The third-order valence-electron chi connectivity index (χ3n) is 4.08. The molecule has 0 amide bonds. The smallest absolute Gasteiger partial charge is 0.0475 e. The maximum Gasteiger partial charge on any atom is 0.0475 e. The average Bonchev–Trinajstić information content (AvgIpc) is 2.84. The van der Waals surface area contributed by atoms with Crippen LogP contribution in [0.2, 0.25) is 0 Å². The molecule has 1 aromatic carbocycles. The largest absolute Gasteiger partial charge is 0.298 e. The summed E-state index contributed by atoms with van der Waals surface area (Å²) in [6, 6.07) is 17.0. The lowest BCUT2D eigenvalue weighted by molar-refractivity contribution is 0.307. The predicted octanol–water partition coefficient (Wildman–Crippen LogP) is 3.25. The quantitative estimate of drug-likeness (QED) is 0.833. The molecular formula is C17H20N2. The van der Waals surface area contributed by atoms with E-state index in [-0.39, 0.29) is 5.41 Å². The first-order chi connectivity index (χ1) is 9.26. The van der Waals surface area contributed by atoms with Crippen molar-refractivity contribution < 1.29 is 0 Å². The van der Waals surface area contributed by atoms with Gasteiger partial charge in [0, 0.05) is 30.4 Å². The molecule has 2 aromatic rings. The molecule has 2 heteroatoms. The van der Waals surface area contributed by atoms with Gasteiger partial charge in [-0.3, -0.25) is 9.88 Å². The van der Waals surface area contributed by atoms with E-state index in [4.69, 9.17) is 0 Å². The Morgan fingerprint density at radius 1 is 1.11 bits per heavy atom. The van der Waals surface area contributed by atoms with Gasteiger partial charge in [-0.2, -0.15) is 0 Å². The average molecular weight is 252 g/mol. The maximum atomic E-state index is 4.55. The molecule has 2 heterocycles. The van der Waals surface area contributed by atoms with Gasteiger partial charge in [0.15, 0.2) is 0 Å². The molecule has 1 aliphatic rings. The van der Waals surface area contributed by atoms with Gasteiger partial charge in [0.25, 0.3) is 0 Å². The Morgan fingerprint density at radius 3 is 2.63 bits per heavy atom. The van der Waals surface area contributed by atoms with Gasteiger partial charge in [-0.25, -0.2) is 0 Å². The summed E-state index contributed by atoms with van der Waals surface area (Å²) in [5, 5.41) is 0. The van der Waals surface area contributed by atoms with E-state index in [9.17, 15) is 0 Å². The molecule has 0 spiro atoms. The third kappa shape index (κ3) is 2.69. The second-order valence-corrected chi connectivity index (χ2v) is 5.72. The Kier molecular flexibility index (Phi) is 3.34. The van der Waals surface area contributed by atoms with E-state index >= 15 is 0 Å². The summed E-state index contributed by atoms with van der Waals surface area (Å²) >= 11 is 0. The molecule has 0 bridgehead atoms. The number of likely N-dealkylation sites (tertiary alicyclic amines) is 1. The normalized spacial score (nSPS) is 23.6. The van der Waals surface area contributed by atoms with Crippen LogP contribution in [-0.4, -0.2) is 23.0 Å². The molecule has 1 aliphatic heterocycles. The minimum atomic E-state index is 0.204. The van der Waals surface area contributed by atoms with Crippen molar-refractivity contribution in [3.63, 3.8) is 0 Å². The van der Waals surface area contributed by atoms with Crippen LogP contribution in [0.3, 0.4) is 0 Å². The van der Waals surface area contributed by atoms with Gasteiger partial charge in [-0.15, -0.1) is 0 Å². The first-order valence-corrected chi connectivity index (χ1v) is 6.94. The lowest BCUT2D eigenvalue weighted by Gasteiger charge is -2.24. The fourth-order valence-corrected chi connectivity index (χ4v) is 2.96. The van der Waals surface area contributed by atoms with Crippen molar-refractivity contribution in [3.05, 3.63) is 66.0 Å². The van der Waals surface area contributed by atoms with Crippen LogP contribution in [0.15, 0.2) is 54.7 Å². The van der Waals surface area contributed by atoms with Crippen molar-refractivity contribution in [2.24, 2.45) is 0 Å². The van der Waals surface area contributed by atoms with Gasteiger partial charge >= 0.3 is 0 Å². The molecule has 1 aromatic heterocycles. The zero-order chi connectivity index (χ0) is 13.1. The zero-order valence-electron chi connectivity index (χ0n) is 11.4. The first kappa shape index (κ1) is 12.4. The van der Waals surface area contributed by atoms with Crippen molar-refractivity contribution >= 4 is 0 Å². The molecule has 1 unspecified atom stereocenters. The van der Waals surface area contributed by atoms with E-state index in [0.29, 0.717) is 0 Å². The molecule has 3 rings (SSSR count). The molecule has 0 saturated carbocycles. The Bertz CT molecular complexity index is 523. The van der Waals surface area contributed by atoms with Crippen LogP contribution in [-0.2, 0) is 12.0 Å². The van der Waals surface area contributed by atoms with E-state index in [2.05, 4.69) is 59.3 Å². The number of hydrogen-bond donors (Lipinski definition) is 0. The molecule has 0 radical (unpaired) electrons. The lowest BCUT2D eigenvalue weighted by Crippen LogP contribution is -2.28. The van der Waals surface area contributed by atoms with Gasteiger partial charge in [-0.1, -0.05) is 43.3 Å². The highest BCUT2D eigenvalue weighted by molar-refractivity contribution is 5.20. The van der Waals surface area contributed by atoms with Gasteiger partial charge in [0.2, 0.25) is 0 Å². The summed E-state index contributed by atoms with van der Waals surface area (Å²) in [4.78, 5) is 7.08. The Balaban J connectivity index is 1.70. The fourth-order valence-electron chi connectivity index (χ4n) is 2.96. The highest BCUT2D eigenvalue weighted by Crippen LogP contribution is 2.33. The predicted molar refractivity (Wildman–Crippen MR) is 77.9 cm³/mol. The standard InChI is InChI=1S/C17H20N2/c1-17(16-9-5-6-11-18-16)10-12-19(14-17)13-15-7-3-2-4-8-15/h2-9,11H,10,12-14H2,1H3. The van der Waals surface area contributed by atoms with Crippen molar-refractivity contribution in [2.45, 2.75) is 25.3 Å². The Morgan fingerprint density at radius 2 is 1.89 bits per heavy atom. The third-order valence-corrected chi connectivity index (χ3v) is 4.08. The Labute approximate surface area is 115 Å². The summed E-state index contributed by atoms with van der Waals surface area (Å²) in [6.07, 6.45) is 3.09. The van der Waals surface area contributed by atoms with Crippen LogP contribution in [0.25, 0.3) is 0 Å². The molecule has 0 aliphatic carbocycles. The van der Waals surface area contributed by atoms with Crippen LogP contribution in [0.1, 0.15) is 24.6 Å². The van der Waals surface area contributed by atoms with Gasteiger partial charge in [0.05, 0.1) is 0 Å². The number of rotatable bonds is 3. The highest BCUT2D eigenvalue weighted by Gasteiger charge is 2.36. The van der Waals surface area contributed by atoms with E-state index in [1.54, 1.807) is 0 Å². The number of hydrogen-bond acceptors (Lipinski definition) is 2. The molecule has 0 N–H and O–H groups in total. The maximum absolute atomic E-state index is 4.55. The summed E-state index contributed by atoms with van der Waals surface area (Å²) in [6.45, 7) is 5.63. The van der Waals surface area contributed by atoms with E-state index in [1.807, 2.05) is 12.3 Å². The summed E-state index contributed by atoms with van der Waals surface area (Å²) in [5.41, 5.74) is 2.83. The number of benzene rings is 1. The lowest BCUT2D eigenvalue weighted by atomic mass is 9.85. The number of pyridine rings is 1. The monoisotopic (exact) mass is 252 g/mol. The van der Waals surface area contributed by atoms with Gasteiger partial charge < -0.3 is 0 Å². The van der Waals surface area contributed by atoms with Crippen molar-refractivity contribution in [3.8, 4) is 0 Å². The van der Waals surface area contributed by atoms with Gasteiger partial charge in [0.1, 0.15) is 0 Å². The molecule has 19 heavy (non-hydrogen) atoms. The number of nitrogens with zero attached hydrogens (tertiary/aromatic N) is 2. The molecule has 1 atom stereocenters. The molecule has 98 valence electrons. The van der Waals surface area contributed by atoms with Crippen LogP contribution in [0, 0.1) is 0 Å². The second kappa shape index (κ2) is 5.14. The summed E-state index contributed by atoms with van der Waals surface area (Å²) < 4.78 is 0. The minimum absolute atomic E-state index is 0.204. The zero-order valence-corrected chi connectivity index (χ0v) is 11.4. The van der Waals surface area contributed by atoms with Crippen LogP contribution in [0.4, 0.5) is 0 Å². The summed E-state index contributed by atoms with van der Waals surface area (Å²) in [5.74, 6) is 0. The van der Waals surface area contributed by atoms with E-state index < -0.39 is 0 Å². The molecule has 1 saturated heterocycles. The SMILES string of the molecule is CC1(c2ccccn2)CCN(Cc2ccccc2)C1.